The molecule has 2 aliphatic rings. The highest BCUT2D eigenvalue weighted by atomic mass is 32.2. The van der Waals surface area contributed by atoms with Gasteiger partial charge in [-0.25, -0.2) is 9.97 Å². The van der Waals surface area contributed by atoms with Crippen molar-refractivity contribution in [3.63, 3.8) is 0 Å². The number of carbonyl (C=O) groups excluding carboxylic acids is 1. The van der Waals surface area contributed by atoms with E-state index in [2.05, 4.69) is 37.7 Å². The van der Waals surface area contributed by atoms with E-state index >= 15 is 0 Å². The van der Waals surface area contributed by atoms with Crippen molar-refractivity contribution in [2.75, 3.05) is 48.8 Å². The van der Waals surface area contributed by atoms with Crippen LogP contribution in [-0.2, 0) is 4.79 Å². The van der Waals surface area contributed by atoms with E-state index in [4.69, 9.17) is 9.97 Å². The van der Waals surface area contributed by atoms with Gasteiger partial charge in [0.1, 0.15) is 17.5 Å². The summed E-state index contributed by atoms with van der Waals surface area (Å²) in [6.45, 7) is 11.9. The van der Waals surface area contributed by atoms with Crippen LogP contribution in [-0.4, -0.2) is 64.2 Å². The molecule has 0 unspecified atom stereocenters. The zero-order valence-electron chi connectivity index (χ0n) is 21.9. The first-order valence-corrected chi connectivity index (χ1v) is 13.6. The minimum Gasteiger partial charge on any atom is -0.354 e. The van der Waals surface area contributed by atoms with Crippen molar-refractivity contribution in [3.8, 4) is 0 Å². The van der Waals surface area contributed by atoms with Crippen LogP contribution in [0.15, 0.2) is 52.6 Å². The Morgan fingerprint density at radius 1 is 1.00 bits per heavy atom. The molecule has 10 heteroatoms. The van der Waals surface area contributed by atoms with Crippen LogP contribution in [0, 0.1) is 5.92 Å². The summed E-state index contributed by atoms with van der Waals surface area (Å²) < 4.78 is 0. The van der Waals surface area contributed by atoms with Gasteiger partial charge in [-0.1, -0.05) is 27.7 Å². The summed E-state index contributed by atoms with van der Waals surface area (Å²) in [6.07, 6.45) is 3.69. The molecule has 0 bridgehead atoms. The van der Waals surface area contributed by atoms with Gasteiger partial charge in [0.15, 0.2) is 5.16 Å². The van der Waals surface area contributed by atoms with Crippen LogP contribution in [0.2, 0.25) is 0 Å². The number of hydrogen-bond acceptors (Lipinski definition) is 8. The lowest BCUT2D eigenvalue weighted by atomic mass is 10.3. The molecule has 3 heterocycles. The molecular weight excluding hydrogens is 472 g/mol. The van der Waals surface area contributed by atoms with Gasteiger partial charge in [-0.3, -0.25) is 9.89 Å². The average molecular weight is 511 g/mol. The normalized spacial score (nSPS) is 15.2. The summed E-state index contributed by atoms with van der Waals surface area (Å²) >= 11 is 1.50. The number of amides is 1. The molecule has 5 rings (SSSR count). The van der Waals surface area contributed by atoms with Gasteiger partial charge < -0.3 is 20.4 Å². The van der Waals surface area contributed by atoms with Gasteiger partial charge in [0, 0.05) is 54.8 Å². The fraction of sp³-hybridized carbons (Fsp3) is 0.462. The lowest BCUT2D eigenvalue weighted by Crippen LogP contribution is -2.44. The summed E-state index contributed by atoms with van der Waals surface area (Å²) in [5, 5.41) is 13.8. The summed E-state index contributed by atoms with van der Waals surface area (Å²) in [7, 11) is 2.14. The summed E-state index contributed by atoms with van der Waals surface area (Å²) in [6, 6.07) is 11.7. The lowest BCUT2D eigenvalue weighted by Gasteiger charge is -2.33. The summed E-state index contributed by atoms with van der Waals surface area (Å²) in [4.78, 5) is 27.1. The van der Waals surface area contributed by atoms with Gasteiger partial charge in [-0.2, -0.15) is 5.10 Å². The van der Waals surface area contributed by atoms with Crippen molar-refractivity contribution in [1.82, 2.24) is 25.1 Å². The van der Waals surface area contributed by atoms with Gasteiger partial charge in [0.2, 0.25) is 5.91 Å². The topological polar surface area (TPSA) is 102 Å². The second-order valence-corrected chi connectivity index (χ2v) is 9.21. The Morgan fingerprint density at radius 2 is 1.69 bits per heavy atom. The molecule has 1 aromatic carbocycles. The fourth-order valence-corrected chi connectivity index (χ4v) is 4.25. The fourth-order valence-electron chi connectivity index (χ4n) is 3.49. The summed E-state index contributed by atoms with van der Waals surface area (Å²) in [5.41, 5.74) is 0.819. The molecule has 1 aliphatic heterocycles. The smallest absolute Gasteiger partial charge is 0.227 e. The predicted molar refractivity (Wildman–Crippen MR) is 148 cm³/mol. The molecule has 1 aliphatic carbocycles. The number of hydrogen-bond donors (Lipinski definition) is 3. The highest BCUT2D eigenvalue weighted by Gasteiger charge is 2.29. The van der Waals surface area contributed by atoms with E-state index in [0.29, 0.717) is 11.0 Å². The number of H-pyrrole nitrogens is 1. The van der Waals surface area contributed by atoms with E-state index in [9.17, 15) is 4.79 Å². The number of anilines is 4. The highest BCUT2D eigenvalue weighted by Crippen LogP contribution is 2.32. The largest absolute Gasteiger partial charge is 0.354 e. The molecule has 36 heavy (non-hydrogen) atoms. The average Bonchev–Trinajstić information content (AvgIpc) is 3.65. The molecule has 3 aromatic rings. The number of aromatic amines is 1. The van der Waals surface area contributed by atoms with Gasteiger partial charge in [-0.15, -0.1) is 0 Å². The van der Waals surface area contributed by atoms with Crippen LogP contribution in [0.1, 0.15) is 40.5 Å². The van der Waals surface area contributed by atoms with Crippen molar-refractivity contribution in [1.29, 1.82) is 0 Å². The van der Waals surface area contributed by atoms with E-state index in [-0.39, 0.29) is 11.8 Å². The molecule has 194 valence electrons. The third-order valence-corrected chi connectivity index (χ3v) is 6.44. The molecular formula is C26H38N8OS. The van der Waals surface area contributed by atoms with E-state index in [1.165, 1.54) is 11.8 Å². The third-order valence-electron chi connectivity index (χ3n) is 5.56. The maximum atomic E-state index is 12.0. The van der Waals surface area contributed by atoms with Crippen molar-refractivity contribution in [2.45, 2.75) is 50.6 Å². The van der Waals surface area contributed by atoms with Gasteiger partial charge in [-0.05, 0) is 55.9 Å². The van der Waals surface area contributed by atoms with Gasteiger partial charge in [0.05, 0.1) is 6.20 Å². The SMILES string of the molecule is CC.CC.CN1CCN(c2cc(Nc3ccn[nH]3)nc(Sc3ccc(NC(=O)C4CC4)cc3)n2)CC1. The first kappa shape index (κ1) is 27.5. The third kappa shape index (κ3) is 7.96. The number of nitrogens with one attached hydrogen (secondary N) is 3. The van der Waals surface area contributed by atoms with Crippen molar-refractivity contribution in [2.24, 2.45) is 5.92 Å². The molecule has 2 fully saturated rings. The number of rotatable bonds is 7. The Bertz CT molecular complexity index is 1060. The number of benzene rings is 1. The molecule has 0 atom stereocenters. The maximum absolute atomic E-state index is 12.0. The van der Waals surface area contributed by atoms with Crippen molar-refractivity contribution < 1.29 is 4.79 Å². The van der Waals surface area contributed by atoms with Crippen LogP contribution in [0.3, 0.4) is 0 Å². The quantitative estimate of drug-likeness (QED) is 0.371. The van der Waals surface area contributed by atoms with Gasteiger partial charge in [0.25, 0.3) is 0 Å². The van der Waals surface area contributed by atoms with Crippen LogP contribution in [0.25, 0.3) is 0 Å². The highest BCUT2D eigenvalue weighted by molar-refractivity contribution is 7.99. The van der Waals surface area contributed by atoms with Crippen LogP contribution < -0.4 is 15.5 Å². The standard InChI is InChI=1S/C22H26N8OS.2C2H6/c1-29-10-12-30(13-11-29)20-14-19(25-18-8-9-23-28-18)26-22(27-20)32-17-6-4-16(5-7-17)24-21(31)15-2-3-15;2*1-2/h4-9,14-15H,2-3,10-13H2,1H3,(H,24,31)(H2,23,25,26,27,28);2*1-2H3. The molecule has 9 nitrogen and oxygen atoms in total. The molecule has 0 spiro atoms. The molecule has 1 amide bonds. The zero-order chi connectivity index (χ0) is 25.9. The van der Waals surface area contributed by atoms with E-state index in [1.54, 1.807) is 6.20 Å². The van der Waals surface area contributed by atoms with Crippen molar-refractivity contribution >= 4 is 40.8 Å². The molecule has 3 N–H and O–H groups in total. The number of aromatic nitrogens is 4. The van der Waals surface area contributed by atoms with E-state index in [1.807, 2.05) is 64.1 Å². The molecule has 2 aromatic heterocycles. The lowest BCUT2D eigenvalue weighted by molar-refractivity contribution is -0.117. The Balaban J connectivity index is 0.000000861. The number of carbonyl (C=O) groups is 1. The number of piperazine rings is 1. The molecule has 1 saturated heterocycles. The van der Waals surface area contributed by atoms with E-state index in [0.717, 1.165) is 61.2 Å². The number of nitrogens with zero attached hydrogens (tertiary/aromatic N) is 5. The minimum atomic E-state index is 0.114. The molecule has 1 saturated carbocycles. The minimum absolute atomic E-state index is 0.114. The zero-order valence-corrected chi connectivity index (χ0v) is 22.7. The number of likely N-dealkylation sites (N-methyl/N-ethyl adjacent to an activating group) is 1. The Kier molecular flexibility index (Phi) is 10.6. The molecule has 0 radical (unpaired) electrons. The first-order chi connectivity index (χ1) is 17.6. The Hall–Kier alpha value is -3.11. The maximum Gasteiger partial charge on any atom is 0.227 e. The Labute approximate surface area is 218 Å². The predicted octanol–water partition coefficient (Wildman–Crippen LogP) is 5.25. The monoisotopic (exact) mass is 510 g/mol. The van der Waals surface area contributed by atoms with E-state index < -0.39 is 0 Å². The van der Waals surface area contributed by atoms with Crippen molar-refractivity contribution in [3.05, 3.63) is 42.6 Å². The van der Waals surface area contributed by atoms with Crippen LogP contribution >= 0.6 is 11.8 Å². The van der Waals surface area contributed by atoms with Crippen LogP contribution in [0.4, 0.5) is 23.1 Å². The first-order valence-electron chi connectivity index (χ1n) is 12.8. The van der Waals surface area contributed by atoms with Gasteiger partial charge >= 0.3 is 0 Å². The second-order valence-electron chi connectivity index (χ2n) is 8.17. The Morgan fingerprint density at radius 3 is 2.31 bits per heavy atom. The summed E-state index contributed by atoms with van der Waals surface area (Å²) in [5.74, 6) is 2.71. The second kappa shape index (κ2) is 13.8. The van der Waals surface area contributed by atoms with Crippen LogP contribution in [0.5, 0.6) is 0 Å².